The van der Waals surface area contributed by atoms with E-state index in [1.54, 1.807) is 39.1 Å². The lowest BCUT2D eigenvalue weighted by Gasteiger charge is -2.40. The molecule has 0 aromatic carbocycles. The van der Waals surface area contributed by atoms with Crippen molar-refractivity contribution in [3.8, 4) is 0 Å². The zero-order chi connectivity index (χ0) is 26.6. The number of rotatable bonds is 12. The summed E-state index contributed by atoms with van der Waals surface area (Å²) in [7, 11) is 1.36. The van der Waals surface area contributed by atoms with Gasteiger partial charge in [0.1, 0.15) is 24.2 Å². The molecule has 198 valence electrons. The highest BCUT2D eigenvalue weighted by Crippen LogP contribution is 2.52. The van der Waals surface area contributed by atoms with Crippen molar-refractivity contribution in [1.82, 2.24) is 4.98 Å². The summed E-state index contributed by atoms with van der Waals surface area (Å²) in [5.41, 5.74) is 0.189. The lowest BCUT2D eigenvalue weighted by atomic mass is 9.70. The lowest BCUT2D eigenvalue weighted by molar-refractivity contribution is -0.152. The van der Waals surface area contributed by atoms with Crippen molar-refractivity contribution in [2.45, 2.75) is 70.6 Å². The number of allylic oxidation sites excluding steroid dienone is 1. The molecule has 36 heavy (non-hydrogen) atoms. The summed E-state index contributed by atoms with van der Waals surface area (Å²) in [6.45, 7) is 7.10. The third-order valence-corrected chi connectivity index (χ3v) is 7.58. The second kappa shape index (κ2) is 11.5. The molecule has 9 nitrogen and oxygen atoms in total. The number of aromatic amines is 1. The highest BCUT2D eigenvalue weighted by atomic mass is 16.6. The van der Waals surface area contributed by atoms with Crippen LogP contribution in [0.2, 0.25) is 0 Å². The van der Waals surface area contributed by atoms with Crippen molar-refractivity contribution in [2.24, 2.45) is 23.7 Å². The fourth-order valence-electron chi connectivity index (χ4n) is 5.31. The number of aliphatic hydroxyl groups excluding tert-OH is 1. The monoisotopic (exact) mass is 503 g/mol. The maximum Gasteiger partial charge on any atom is 0.355 e. The highest BCUT2D eigenvalue weighted by molar-refractivity contribution is 5.87. The van der Waals surface area contributed by atoms with E-state index >= 15 is 0 Å². The molecule has 2 bridgehead atoms. The minimum Gasteiger partial charge on any atom is -0.479 e. The number of carbonyl (C=O) groups excluding carboxylic acids is 2. The Bertz CT molecular complexity index is 984. The molecule has 9 heteroatoms. The van der Waals surface area contributed by atoms with Crippen molar-refractivity contribution in [2.75, 3.05) is 7.11 Å². The predicted octanol–water partition coefficient (Wildman–Crippen LogP) is 3.16. The molecular weight excluding hydrogens is 466 g/mol. The Hall–Kier alpha value is -2.75. The van der Waals surface area contributed by atoms with Crippen molar-refractivity contribution >= 4 is 18.2 Å². The zero-order valence-corrected chi connectivity index (χ0v) is 21.4. The van der Waals surface area contributed by atoms with E-state index in [1.165, 1.54) is 7.11 Å². The molecule has 0 spiro atoms. The van der Waals surface area contributed by atoms with Crippen LogP contribution in [-0.2, 0) is 23.8 Å². The number of hydrogen-bond acceptors (Lipinski definition) is 7. The maximum atomic E-state index is 12.9. The molecule has 0 saturated carbocycles. The number of carboxylic acids is 1. The molecule has 2 heterocycles. The van der Waals surface area contributed by atoms with E-state index in [1.807, 2.05) is 25.2 Å². The second-order valence-corrected chi connectivity index (χ2v) is 10.0. The fraction of sp³-hybridized carbons (Fsp3) is 0.593. The summed E-state index contributed by atoms with van der Waals surface area (Å²) in [6.07, 6.45) is 5.74. The van der Waals surface area contributed by atoms with E-state index in [0.29, 0.717) is 12.1 Å². The summed E-state index contributed by atoms with van der Waals surface area (Å²) in [5, 5.41) is 20.0. The standard InChI is InChI=1S/C27H37NO8/c1-15(14-29)11-16(2)27-13-19(8-9-20(27)12-22(34-5)25(31)32)24(36-27)23(17(3)18(4)30)35-26(33)21-7-6-10-28-21/h6-11,14-15,17-20,22-24,28,30H,12-13H2,1-5H3,(H,31,32)/b16-11+/t15-,17-,18+,19-,20-,22+,23-,24-,27+/m1/s1. The summed E-state index contributed by atoms with van der Waals surface area (Å²) in [6, 6.07) is 3.31. The van der Waals surface area contributed by atoms with E-state index < -0.39 is 47.9 Å². The molecule has 3 N–H and O–H groups in total. The van der Waals surface area contributed by atoms with Crippen LogP contribution in [0.4, 0.5) is 0 Å². The summed E-state index contributed by atoms with van der Waals surface area (Å²) in [5.74, 6) is -2.92. The van der Waals surface area contributed by atoms with Gasteiger partial charge in [0.25, 0.3) is 0 Å². The second-order valence-electron chi connectivity index (χ2n) is 10.0. The number of aromatic nitrogens is 1. The first-order chi connectivity index (χ1) is 17.0. The van der Waals surface area contributed by atoms with Crippen molar-refractivity contribution < 1.29 is 38.8 Å². The Balaban J connectivity index is 2.00. The third-order valence-electron chi connectivity index (χ3n) is 7.58. The number of hydrogen-bond donors (Lipinski definition) is 3. The van der Waals surface area contributed by atoms with Crippen LogP contribution < -0.4 is 0 Å². The van der Waals surface area contributed by atoms with Crippen LogP contribution in [-0.4, -0.2) is 70.5 Å². The first kappa shape index (κ1) is 27.8. The summed E-state index contributed by atoms with van der Waals surface area (Å²) >= 11 is 0. The molecule has 0 radical (unpaired) electrons. The number of esters is 1. The van der Waals surface area contributed by atoms with Crippen LogP contribution in [0.1, 0.15) is 51.0 Å². The molecule has 3 rings (SSSR count). The summed E-state index contributed by atoms with van der Waals surface area (Å²) in [4.78, 5) is 38.9. The SMILES string of the molecule is CO[C@@H](C[C@H]1C=C[C@@H]2C[C@@]1(/C(C)=C/[C@@H](C)C=O)O[C@H]2[C@H](OC(=O)c1ccc[nH]1)[C@H](C)[C@H](C)O)C(=O)O. The van der Waals surface area contributed by atoms with E-state index in [0.717, 1.165) is 11.9 Å². The van der Waals surface area contributed by atoms with Crippen LogP contribution >= 0.6 is 0 Å². The number of aldehydes is 1. The number of carbonyl (C=O) groups is 3. The van der Waals surface area contributed by atoms with E-state index in [2.05, 4.69) is 4.98 Å². The molecule has 9 atom stereocenters. The number of H-pyrrole nitrogens is 1. The van der Waals surface area contributed by atoms with Crippen LogP contribution in [0.3, 0.4) is 0 Å². The first-order valence-corrected chi connectivity index (χ1v) is 12.3. The Morgan fingerprint density at radius 3 is 2.58 bits per heavy atom. The Morgan fingerprint density at radius 1 is 1.31 bits per heavy atom. The molecule has 1 aliphatic carbocycles. The number of methoxy groups -OCH3 is 1. The number of carboxylic acid groups (broad SMARTS) is 1. The number of aliphatic carboxylic acids is 1. The molecule has 0 unspecified atom stereocenters. The van der Waals surface area contributed by atoms with Gasteiger partial charge in [-0.25, -0.2) is 9.59 Å². The van der Waals surface area contributed by atoms with Crippen LogP contribution in [0, 0.1) is 23.7 Å². The molecule has 1 saturated heterocycles. The van der Waals surface area contributed by atoms with Gasteiger partial charge in [0.2, 0.25) is 0 Å². The van der Waals surface area contributed by atoms with Gasteiger partial charge in [0, 0.05) is 37.0 Å². The number of aliphatic hydroxyl groups is 1. The van der Waals surface area contributed by atoms with Gasteiger partial charge in [-0.3, -0.25) is 0 Å². The quantitative estimate of drug-likeness (QED) is 0.225. The Labute approximate surface area is 211 Å². The lowest BCUT2D eigenvalue weighted by Crippen LogP contribution is -2.46. The average Bonchev–Trinajstić information content (AvgIpc) is 3.49. The van der Waals surface area contributed by atoms with Gasteiger partial charge in [0.05, 0.1) is 11.7 Å². The fourth-order valence-corrected chi connectivity index (χ4v) is 5.31. The molecule has 1 aromatic heterocycles. The van der Waals surface area contributed by atoms with Crippen LogP contribution in [0.25, 0.3) is 0 Å². The van der Waals surface area contributed by atoms with Gasteiger partial charge in [-0.15, -0.1) is 0 Å². The van der Waals surface area contributed by atoms with Gasteiger partial charge >= 0.3 is 11.9 Å². The van der Waals surface area contributed by atoms with Gasteiger partial charge in [-0.05, 0) is 44.4 Å². The molecule has 1 aromatic rings. The number of nitrogens with one attached hydrogen (secondary N) is 1. The Morgan fingerprint density at radius 2 is 2.03 bits per heavy atom. The normalized spacial score (nSPS) is 29.7. The predicted molar refractivity (Wildman–Crippen MR) is 131 cm³/mol. The van der Waals surface area contributed by atoms with E-state index in [-0.39, 0.29) is 24.2 Å². The van der Waals surface area contributed by atoms with Crippen LogP contribution in [0.5, 0.6) is 0 Å². The Kier molecular flexibility index (Phi) is 8.92. The minimum atomic E-state index is -1.07. The molecular formula is C27H37NO8. The third kappa shape index (κ3) is 5.63. The van der Waals surface area contributed by atoms with Crippen molar-refractivity contribution in [3.05, 3.63) is 47.8 Å². The topological polar surface area (TPSA) is 135 Å². The number of fused-ring (bicyclic) bond motifs is 2. The molecule has 1 fully saturated rings. The minimum absolute atomic E-state index is 0.149. The average molecular weight is 504 g/mol. The smallest absolute Gasteiger partial charge is 0.355 e. The highest BCUT2D eigenvalue weighted by Gasteiger charge is 2.57. The summed E-state index contributed by atoms with van der Waals surface area (Å²) < 4.78 is 17.9. The maximum absolute atomic E-state index is 12.9. The van der Waals surface area contributed by atoms with Gasteiger partial charge < -0.3 is 34.2 Å². The molecule has 2 aliphatic rings. The van der Waals surface area contributed by atoms with Gasteiger partial charge in [-0.2, -0.15) is 0 Å². The number of ether oxygens (including phenoxy) is 3. The van der Waals surface area contributed by atoms with Gasteiger partial charge in [0.15, 0.2) is 6.10 Å². The zero-order valence-electron chi connectivity index (χ0n) is 21.4. The van der Waals surface area contributed by atoms with Crippen molar-refractivity contribution in [1.29, 1.82) is 0 Å². The van der Waals surface area contributed by atoms with E-state index in [4.69, 9.17) is 14.2 Å². The largest absolute Gasteiger partial charge is 0.479 e. The van der Waals surface area contributed by atoms with Crippen molar-refractivity contribution in [3.63, 3.8) is 0 Å². The van der Waals surface area contributed by atoms with Gasteiger partial charge in [-0.1, -0.05) is 32.1 Å². The van der Waals surface area contributed by atoms with E-state index in [9.17, 15) is 24.6 Å². The first-order valence-electron chi connectivity index (χ1n) is 12.3. The molecule has 1 aliphatic heterocycles. The van der Waals surface area contributed by atoms with Crippen LogP contribution in [0.15, 0.2) is 42.1 Å². The molecule has 0 amide bonds.